The van der Waals surface area contributed by atoms with Gasteiger partial charge in [0.2, 0.25) is 5.91 Å². The summed E-state index contributed by atoms with van der Waals surface area (Å²) in [6, 6.07) is 6.84. The first-order chi connectivity index (χ1) is 11.6. The third kappa shape index (κ3) is 5.47. The molecule has 1 saturated heterocycles. The van der Waals surface area contributed by atoms with Gasteiger partial charge in [0.1, 0.15) is 0 Å². The SMILES string of the molecule is COCCN(CCC(=O)N1CCNCC1)C(=O)c1cccc(Cl)c1. The van der Waals surface area contributed by atoms with Crippen molar-refractivity contribution in [3.63, 3.8) is 0 Å². The van der Waals surface area contributed by atoms with Gasteiger partial charge in [-0.3, -0.25) is 9.59 Å². The molecule has 1 N–H and O–H groups in total. The molecule has 0 unspecified atom stereocenters. The van der Waals surface area contributed by atoms with E-state index < -0.39 is 0 Å². The van der Waals surface area contributed by atoms with Crippen LogP contribution in [0.4, 0.5) is 0 Å². The van der Waals surface area contributed by atoms with E-state index in [2.05, 4.69) is 5.32 Å². The number of methoxy groups -OCH3 is 1. The van der Waals surface area contributed by atoms with Gasteiger partial charge in [-0.25, -0.2) is 0 Å². The number of nitrogens with one attached hydrogen (secondary N) is 1. The number of hydrogen-bond donors (Lipinski definition) is 1. The fourth-order valence-corrected chi connectivity index (χ4v) is 2.81. The van der Waals surface area contributed by atoms with Crippen LogP contribution in [0.15, 0.2) is 24.3 Å². The summed E-state index contributed by atoms with van der Waals surface area (Å²) in [5.74, 6) is -0.0551. The Kier molecular flexibility index (Phi) is 7.49. The van der Waals surface area contributed by atoms with Crippen molar-refractivity contribution < 1.29 is 14.3 Å². The lowest BCUT2D eigenvalue weighted by atomic mass is 10.2. The topological polar surface area (TPSA) is 61.9 Å². The molecule has 0 atom stereocenters. The van der Waals surface area contributed by atoms with E-state index in [1.807, 2.05) is 4.90 Å². The van der Waals surface area contributed by atoms with E-state index in [0.717, 1.165) is 26.2 Å². The lowest BCUT2D eigenvalue weighted by molar-refractivity contribution is -0.132. The minimum atomic E-state index is -0.136. The molecule has 1 aromatic rings. The molecule has 2 rings (SSSR count). The molecular weight excluding hydrogens is 330 g/mol. The first kappa shape index (κ1) is 18.7. The third-order valence-electron chi connectivity index (χ3n) is 3.99. The smallest absolute Gasteiger partial charge is 0.253 e. The molecule has 1 fully saturated rings. The predicted octanol–water partition coefficient (Wildman–Crippen LogP) is 1.25. The molecule has 0 radical (unpaired) electrons. The number of piperazine rings is 1. The molecule has 0 bridgehead atoms. The summed E-state index contributed by atoms with van der Waals surface area (Å²) in [6.07, 6.45) is 0.315. The van der Waals surface area contributed by atoms with Crippen LogP contribution < -0.4 is 5.32 Å². The van der Waals surface area contributed by atoms with Crippen molar-refractivity contribution in [2.45, 2.75) is 6.42 Å². The molecule has 1 heterocycles. The Morgan fingerprint density at radius 3 is 2.71 bits per heavy atom. The van der Waals surface area contributed by atoms with E-state index >= 15 is 0 Å². The molecule has 7 heteroatoms. The molecule has 1 aliphatic heterocycles. The van der Waals surface area contributed by atoms with Gasteiger partial charge < -0.3 is 19.9 Å². The second-order valence-electron chi connectivity index (χ2n) is 5.68. The zero-order valence-corrected chi connectivity index (χ0v) is 14.7. The van der Waals surface area contributed by atoms with Crippen LogP contribution in [-0.2, 0) is 9.53 Å². The summed E-state index contributed by atoms with van der Waals surface area (Å²) in [5, 5.41) is 3.74. The van der Waals surface area contributed by atoms with Gasteiger partial charge in [0.15, 0.2) is 0 Å². The van der Waals surface area contributed by atoms with Gasteiger partial charge in [-0.05, 0) is 18.2 Å². The highest BCUT2D eigenvalue weighted by Gasteiger charge is 2.20. The number of amides is 2. The van der Waals surface area contributed by atoms with Gasteiger partial charge >= 0.3 is 0 Å². The van der Waals surface area contributed by atoms with Crippen LogP contribution in [-0.4, -0.2) is 74.6 Å². The summed E-state index contributed by atoms with van der Waals surface area (Å²) in [5.41, 5.74) is 0.522. The van der Waals surface area contributed by atoms with Crippen LogP contribution in [0.25, 0.3) is 0 Å². The van der Waals surface area contributed by atoms with Gasteiger partial charge in [-0.1, -0.05) is 17.7 Å². The lowest BCUT2D eigenvalue weighted by Gasteiger charge is -2.29. The summed E-state index contributed by atoms with van der Waals surface area (Å²) in [4.78, 5) is 28.5. The Labute approximate surface area is 147 Å². The molecule has 24 heavy (non-hydrogen) atoms. The Morgan fingerprint density at radius 2 is 2.04 bits per heavy atom. The van der Waals surface area contributed by atoms with Gasteiger partial charge in [-0.15, -0.1) is 0 Å². The standard InChI is InChI=1S/C17H24ClN3O3/c1-24-12-11-21(17(23)14-3-2-4-15(18)13-14)8-5-16(22)20-9-6-19-7-10-20/h2-4,13,19H,5-12H2,1H3. The minimum Gasteiger partial charge on any atom is -0.383 e. The highest BCUT2D eigenvalue weighted by molar-refractivity contribution is 6.30. The first-order valence-electron chi connectivity index (χ1n) is 8.14. The number of carbonyl (C=O) groups is 2. The first-order valence-corrected chi connectivity index (χ1v) is 8.52. The average Bonchev–Trinajstić information content (AvgIpc) is 2.62. The van der Waals surface area contributed by atoms with Crippen LogP contribution in [0.2, 0.25) is 5.02 Å². The molecule has 0 aromatic heterocycles. The van der Waals surface area contributed by atoms with Gasteiger partial charge in [0, 0.05) is 63.4 Å². The number of benzene rings is 1. The Morgan fingerprint density at radius 1 is 1.29 bits per heavy atom. The van der Waals surface area contributed by atoms with Crippen molar-refractivity contribution in [1.82, 2.24) is 15.1 Å². The van der Waals surface area contributed by atoms with Crippen molar-refractivity contribution in [2.24, 2.45) is 0 Å². The minimum absolute atomic E-state index is 0.0813. The summed E-state index contributed by atoms with van der Waals surface area (Å²) < 4.78 is 5.08. The number of carbonyl (C=O) groups excluding carboxylic acids is 2. The van der Waals surface area contributed by atoms with Gasteiger partial charge in [0.05, 0.1) is 6.61 Å². The Bertz CT molecular complexity index is 562. The highest BCUT2D eigenvalue weighted by Crippen LogP contribution is 2.13. The molecule has 1 aliphatic rings. The Hall–Kier alpha value is -1.63. The van der Waals surface area contributed by atoms with E-state index in [1.54, 1.807) is 36.3 Å². The van der Waals surface area contributed by atoms with E-state index in [4.69, 9.17) is 16.3 Å². The van der Waals surface area contributed by atoms with Crippen LogP contribution in [0.1, 0.15) is 16.8 Å². The van der Waals surface area contributed by atoms with E-state index in [1.165, 1.54) is 0 Å². The zero-order valence-electron chi connectivity index (χ0n) is 14.0. The van der Waals surface area contributed by atoms with E-state index in [-0.39, 0.29) is 11.8 Å². The number of hydrogen-bond acceptors (Lipinski definition) is 4. The summed E-state index contributed by atoms with van der Waals surface area (Å²) in [6.45, 7) is 4.32. The van der Waals surface area contributed by atoms with Crippen molar-refractivity contribution in [3.8, 4) is 0 Å². The van der Waals surface area contributed by atoms with E-state index in [0.29, 0.717) is 36.7 Å². The Balaban J connectivity index is 1.96. The number of halogens is 1. The summed E-state index contributed by atoms with van der Waals surface area (Å²) >= 11 is 5.96. The van der Waals surface area contributed by atoms with Crippen LogP contribution in [0, 0.1) is 0 Å². The predicted molar refractivity (Wildman–Crippen MR) is 93.3 cm³/mol. The molecule has 0 saturated carbocycles. The molecule has 0 spiro atoms. The zero-order chi connectivity index (χ0) is 17.4. The van der Waals surface area contributed by atoms with Crippen molar-refractivity contribution in [3.05, 3.63) is 34.9 Å². The molecule has 2 amide bonds. The molecule has 1 aromatic carbocycles. The van der Waals surface area contributed by atoms with Crippen molar-refractivity contribution in [1.29, 1.82) is 0 Å². The normalized spacial score (nSPS) is 14.5. The maximum atomic E-state index is 12.7. The average molecular weight is 354 g/mol. The lowest BCUT2D eigenvalue weighted by Crippen LogP contribution is -2.47. The van der Waals surface area contributed by atoms with E-state index in [9.17, 15) is 9.59 Å². The fourth-order valence-electron chi connectivity index (χ4n) is 2.62. The second kappa shape index (κ2) is 9.61. The molecule has 6 nitrogen and oxygen atoms in total. The molecule has 0 aliphatic carbocycles. The third-order valence-corrected chi connectivity index (χ3v) is 4.22. The van der Waals surface area contributed by atoms with Crippen LogP contribution in [0.5, 0.6) is 0 Å². The molecule has 132 valence electrons. The second-order valence-corrected chi connectivity index (χ2v) is 6.11. The van der Waals surface area contributed by atoms with Crippen LogP contribution in [0.3, 0.4) is 0 Å². The van der Waals surface area contributed by atoms with Gasteiger partial charge in [0.25, 0.3) is 5.91 Å². The van der Waals surface area contributed by atoms with Crippen molar-refractivity contribution >= 4 is 23.4 Å². The molecular formula is C17H24ClN3O3. The maximum absolute atomic E-state index is 12.7. The quantitative estimate of drug-likeness (QED) is 0.801. The summed E-state index contributed by atoms with van der Waals surface area (Å²) in [7, 11) is 1.59. The van der Waals surface area contributed by atoms with Crippen molar-refractivity contribution in [2.75, 3.05) is 53.0 Å². The number of ether oxygens (including phenoxy) is 1. The highest BCUT2D eigenvalue weighted by atomic mass is 35.5. The number of nitrogens with zero attached hydrogens (tertiary/aromatic N) is 2. The van der Waals surface area contributed by atoms with Crippen LogP contribution >= 0.6 is 11.6 Å². The number of rotatable bonds is 7. The maximum Gasteiger partial charge on any atom is 0.253 e. The monoisotopic (exact) mass is 353 g/mol. The fraction of sp³-hybridized carbons (Fsp3) is 0.529. The van der Waals surface area contributed by atoms with Gasteiger partial charge in [-0.2, -0.15) is 0 Å². The largest absolute Gasteiger partial charge is 0.383 e.